The summed E-state index contributed by atoms with van der Waals surface area (Å²) < 4.78 is 21.8. The number of amides is 2. The molecule has 1 atom stereocenters. The SMILES string of the molecule is [C-]#[N+]c1ccc(-c2cc(C(=O)N3CCC[C@@H](NC(=O)OC(C)(C)C)C3)sc2-c2ccc3nn(C)cc3c2)cc1F. The van der Waals surface area contributed by atoms with Gasteiger partial charge in [0, 0.05) is 48.2 Å². The lowest BCUT2D eigenvalue weighted by Gasteiger charge is -2.33. The van der Waals surface area contributed by atoms with Crippen molar-refractivity contribution in [2.24, 2.45) is 7.05 Å². The summed E-state index contributed by atoms with van der Waals surface area (Å²) in [4.78, 5) is 32.4. The van der Waals surface area contributed by atoms with Gasteiger partial charge < -0.3 is 15.0 Å². The van der Waals surface area contributed by atoms with E-state index in [1.54, 1.807) is 21.7 Å². The number of aryl methyl sites for hydroxylation is 1. The highest BCUT2D eigenvalue weighted by Crippen LogP contribution is 2.41. The van der Waals surface area contributed by atoms with Gasteiger partial charge in [-0.3, -0.25) is 9.48 Å². The van der Waals surface area contributed by atoms with Crippen molar-refractivity contribution in [2.75, 3.05) is 13.1 Å². The second-order valence-electron chi connectivity index (χ2n) is 10.9. The Labute approximate surface area is 236 Å². The average molecular weight is 560 g/mol. The highest BCUT2D eigenvalue weighted by atomic mass is 32.1. The molecule has 1 N–H and O–H groups in total. The van der Waals surface area contributed by atoms with E-state index in [1.165, 1.54) is 23.5 Å². The van der Waals surface area contributed by atoms with Crippen LogP contribution in [-0.4, -0.2) is 51.4 Å². The number of likely N-dealkylation sites (tertiary alicyclic amines) is 1. The van der Waals surface area contributed by atoms with Crippen molar-refractivity contribution >= 4 is 39.9 Å². The number of rotatable bonds is 4. The Morgan fingerprint density at radius 1 is 1.18 bits per heavy atom. The lowest BCUT2D eigenvalue weighted by Crippen LogP contribution is -2.50. The molecular formula is C30H30FN5O3S. The van der Waals surface area contributed by atoms with Crippen LogP contribution in [0.3, 0.4) is 0 Å². The quantitative estimate of drug-likeness (QED) is 0.279. The van der Waals surface area contributed by atoms with E-state index in [2.05, 4.69) is 15.3 Å². The van der Waals surface area contributed by atoms with Crippen molar-refractivity contribution in [3.05, 3.63) is 70.8 Å². The molecule has 40 heavy (non-hydrogen) atoms. The molecule has 2 amide bonds. The van der Waals surface area contributed by atoms with Crippen LogP contribution >= 0.6 is 11.3 Å². The molecule has 5 rings (SSSR count). The maximum absolute atomic E-state index is 14.6. The van der Waals surface area contributed by atoms with Gasteiger partial charge in [0.15, 0.2) is 0 Å². The van der Waals surface area contributed by atoms with E-state index in [1.807, 2.05) is 52.2 Å². The summed E-state index contributed by atoms with van der Waals surface area (Å²) in [5, 5.41) is 8.29. The molecule has 2 aromatic carbocycles. The van der Waals surface area contributed by atoms with E-state index in [0.717, 1.165) is 34.2 Å². The van der Waals surface area contributed by atoms with Crippen molar-refractivity contribution in [2.45, 2.75) is 45.3 Å². The van der Waals surface area contributed by atoms with Crippen LogP contribution < -0.4 is 5.32 Å². The number of hydrogen-bond acceptors (Lipinski definition) is 5. The number of halogens is 1. The predicted molar refractivity (Wildman–Crippen MR) is 154 cm³/mol. The minimum Gasteiger partial charge on any atom is -0.444 e. The molecule has 0 unspecified atom stereocenters. The van der Waals surface area contributed by atoms with Crippen LogP contribution in [0.25, 0.3) is 37.3 Å². The van der Waals surface area contributed by atoms with E-state index >= 15 is 0 Å². The third-order valence-corrected chi connectivity index (χ3v) is 7.80. The molecule has 0 bridgehead atoms. The molecule has 1 fully saturated rings. The Morgan fingerprint density at radius 2 is 1.95 bits per heavy atom. The van der Waals surface area contributed by atoms with Crippen molar-refractivity contribution in [3.63, 3.8) is 0 Å². The molecule has 3 heterocycles. The molecule has 206 valence electrons. The van der Waals surface area contributed by atoms with E-state index in [-0.39, 0.29) is 17.6 Å². The molecule has 0 radical (unpaired) electrons. The molecule has 10 heteroatoms. The zero-order valence-corrected chi connectivity index (χ0v) is 23.6. The van der Waals surface area contributed by atoms with E-state index in [4.69, 9.17) is 11.3 Å². The van der Waals surface area contributed by atoms with Gasteiger partial charge in [-0.05, 0) is 69.0 Å². The maximum Gasteiger partial charge on any atom is 0.407 e. The van der Waals surface area contributed by atoms with Gasteiger partial charge in [0.05, 0.1) is 17.0 Å². The summed E-state index contributed by atoms with van der Waals surface area (Å²) in [6.45, 7) is 13.6. The van der Waals surface area contributed by atoms with E-state index in [0.29, 0.717) is 29.1 Å². The molecule has 0 aliphatic carbocycles. The molecular weight excluding hydrogens is 529 g/mol. The van der Waals surface area contributed by atoms with Crippen LogP contribution in [0.15, 0.2) is 48.7 Å². The second kappa shape index (κ2) is 10.7. The van der Waals surface area contributed by atoms with Gasteiger partial charge in [-0.15, -0.1) is 11.3 Å². The molecule has 0 spiro atoms. The lowest BCUT2D eigenvalue weighted by molar-refractivity contribution is 0.0453. The number of piperidine rings is 1. The molecule has 2 aromatic heterocycles. The minimum atomic E-state index is -0.608. The van der Waals surface area contributed by atoms with E-state index in [9.17, 15) is 14.0 Å². The normalized spacial score (nSPS) is 15.6. The highest BCUT2D eigenvalue weighted by molar-refractivity contribution is 7.18. The van der Waals surface area contributed by atoms with Crippen LogP contribution in [0.4, 0.5) is 14.9 Å². The Kier molecular flexibility index (Phi) is 7.34. The number of fused-ring (bicyclic) bond motifs is 1. The van der Waals surface area contributed by atoms with Gasteiger partial charge in [0.2, 0.25) is 5.69 Å². The van der Waals surface area contributed by atoms with Gasteiger partial charge in [-0.2, -0.15) is 5.10 Å². The summed E-state index contributed by atoms with van der Waals surface area (Å²) in [6, 6.07) is 12.0. The number of nitrogens with zero attached hydrogens (tertiary/aromatic N) is 4. The minimum absolute atomic E-state index is 0.0505. The van der Waals surface area contributed by atoms with Crippen LogP contribution in [0.1, 0.15) is 43.3 Å². The first-order valence-corrected chi connectivity index (χ1v) is 13.9. The molecule has 1 aliphatic rings. The van der Waals surface area contributed by atoms with Gasteiger partial charge in [0.1, 0.15) is 11.4 Å². The number of thiophene rings is 1. The molecule has 8 nitrogen and oxygen atoms in total. The number of alkyl carbamates (subject to hydrolysis) is 1. The Balaban J connectivity index is 1.47. The van der Waals surface area contributed by atoms with Crippen molar-refractivity contribution in [1.29, 1.82) is 0 Å². The van der Waals surface area contributed by atoms with Gasteiger partial charge in [0.25, 0.3) is 5.91 Å². The summed E-state index contributed by atoms with van der Waals surface area (Å²) in [5.41, 5.74) is 2.38. The second-order valence-corrected chi connectivity index (χ2v) is 12.0. The Hall–Kier alpha value is -4.23. The Morgan fingerprint density at radius 3 is 2.67 bits per heavy atom. The number of benzene rings is 2. The zero-order valence-electron chi connectivity index (χ0n) is 22.8. The fourth-order valence-corrected chi connectivity index (χ4v) is 6.03. The summed E-state index contributed by atoms with van der Waals surface area (Å²) in [6.07, 6.45) is 2.93. The molecule has 1 saturated heterocycles. The standard InChI is InChI=1S/C30H30FN5O3S/c1-30(2,3)39-29(38)33-21-7-6-12-36(17-21)28(37)26-15-22(18-8-11-25(32-4)23(31)14-18)27(40-26)19-9-10-24-20(13-19)16-35(5)34-24/h8-11,13-16,21H,6-7,12,17H2,1-3,5H3,(H,33,38)/t21-/m1/s1. The fourth-order valence-electron chi connectivity index (χ4n) is 4.89. The van der Waals surface area contributed by atoms with Gasteiger partial charge in [-0.1, -0.05) is 18.2 Å². The third kappa shape index (κ3) is 5.84. The first-order valence-electron chi connectivity index (χ1n) is 13.0. The predicted octanol–water partition coefficient (Wildman–Crippen LogP) is 6.79. The smallest absolute Gasteiger partial charge is 0.407 e. The molecule has 4 aromatic rings. The van der Waals surface area contributed by atoms with Crippen LogP contribution in [0.5, 0.6) is 0 Å². The van der Waals surface area contributed by atoms with Crippen LogP contribution in [0.2, 0.25) is 0 Å². The van der Waals surface area contributed by atoms with Crippen LogP contribution in [0, 0.1) is 12.4 Å². The number of hydrogen-bond donors (Lipinski definition) is 1. The number of ether oxygens (including phenoxy) is 1. The first kappa shape index (κ1) is 27.3. The highest BCUT2D eigenvalue weighted by Gasteiger charge is 2.29. The summed E-state index contributed by atoms with van der Waals surface area (Å²) in [5.74, 6) is -0.749. The Bertz CT molecular complexity index is 1650. The first-order chi connectivity index (χ1) is 19.0. The topological polar surface area (TPSA) is 80.8 Å². The zero-order chi connectivity index (χ0) is 28.6. The summed E-state index contributed by atoms with van der Waals surface area (Å²) >= 11 is 1.35. The van der Waals surface area contributed by atoms with E-state index < -0.39 is 17.5 Å². The molecule has 1 aliphatic heterocycles. The third-order valence-electron chi connectivity index (χ3n) is 6.63. The summed E-state index contributed by atoms with van der Waals surface area (Å²) in [7, 11) is 1.86. The number of carbonyl (C=O) groups excluding carboxylic acids is 2. The van der Waals surface area contributed by atoms with Crippen molar-refractivity contribution in [1.82, 2.24) is 20.0 Å². The number of aromatic nitrogens is 2. The largest absolute Gasteiger partial charge is 0.444 e. The average Bonchev–Trinajstić information content (AvgIpc) is 3.50. The number of carbonyl (C=O) groups is 2. The number of nitrogens with one attached hydrogen (secondary N) is 1. The maximum atomic E-state index is 14.6. The van der Waals surface area contributed by atoms with Gasteiger partial charge >= 0.3 is 6.09 Å². The van der Waals surface area contributed by atoms with Gasteiger partial charge in [-0.25, -0.2) is 14.0 Å². The fraction of sp³-hybridized carbons (Fsp3) is 0.333. The van der Waals surface area contributed by atoms with Crippen molar-refractivity contribution in [3.8, 4) is 21.6 Å². The van der Waals surface area contributed by atoms with Crippen molar-refractivity contribution < 1.29 is 18.7 Å². The van der Waals surface area contributed by atoms with Crippen LogP contribution in [-0.2, 0) is 11.8 Å². The lowest BCUT2D eigenvalue weighted by atomic mass is 10.0. The monoisotopic (exact) mass is 559 g/mol. The molecule has 0 saturated carbocycles.